The van der Waals surface area contributed by atoms with Crippen molar-refractivity contribution in [2.24, 2.45) is 11.8 Å². The number of hydrogen-bond acceptors (Lipinski definition) is 5. The number of nitrogens with one attached hydrogen (secondary N) is 2. The van der Waals surface area contributed by atoms with Crippen LogP contribution in [0.15, 0.2) is 33.9 Å². The van der Waals surface area contributed by atoms with E-state index in [4.69, 9.17) is 0 Å². The second kappa shape index (κ2) is 8.43. The van der Waals surface area contributed by atoms with Crippen LogP contribution in [-0.4, -0.2) is 47.8 Å². The molecule has 35 heavy (non-hydrogen) atoms. The Kier molecular flexibility index (Phi) is 5.19. The fraction of sp³-hybridized carbons (Fsp3) is 0.630. The second-order valence-electron chi connectivity index (χ2n) is 11.5. The maximum atomic E-state index is 13.8. The highest BCUT2D eigenvalue weighted by Crippen LogP contribution is 2.47. The van der Waals surface area contributed by atoms with Gasteiger partial charge in [-0.1, -0.05) is 37.8 Å². The van der Waals surface area contributed by atoms with E-state index in [9.17, 15) is 9.59 Å². The molecule has 0 radical (unpaired) electrons. The first-order valence-corrected chi connectivity index (χ1v) is 13.6. The number of nitrogens with zero attached hydrogens (tertiary/aromatic N) is 4. The summed E-state index contributed by atoms with van der Waals surface area (Å²) < 4.78 is 1.98. The van der Waals surface area contributed by atoms with Gasteiger partial charge in [-0.05, 0) is 68.9 Å². The molecule has 0 amide bonds. The minimum Gasteiger partial charge on any atom is -0.302 e. The molecule has 3 aromatic rings. The molecule has 4 heterocycles. The molecule has 2 N–H and O–H groups in total. The standard InChI is InChI=1S/C27H34N6O2/c34-26-24(25-29-27(35)31-30-25)28-22-9-1-2-10-23(22)33(26)21-14-18-7-4-8-19(15-21)32(18)20-12-16-5-3-6-17(11-16)13-20/h1-2,9-10,16-21H,3-8,11-15H2,(H2,29,30,31,35)/t16-,17+,18-,19+,20?,21?. The zero-order valence-electron chi connectivity index (χ0n) is 20.2. The van der Waals surface area contributed by atoms with E-state index in [1.54, 1.807) is 0 Å². The van der Waals surface area contributed by atoms with Gasteiger partial charge in [-0.25, -0.2) is 14.9 Å². The van der Waals surface area contributed by atoms with Gasteiger partial charge in [-0.3, -0.25) is 14.7 Å². The molecule has 2 aromatic heterocycles. The van der Waals surface area contributed by atoms with Crippen molar-refractivity contribution in [1.82, 2.24) is 29.6 Å². The Hall–Kier alpha value is -2.74. The largest absolute Gasteiger partial charge is 0.340 e. The second-order valence-corrected chi connectivity index (χ2v) is 11.5. The van der Waals surface area contributed by atoms with Gasteiger partial charge in [-0.2, -0.15) is 5.10 Å². The van der Waals surface area contributed by atoms with Crippen molar-refractivity contribution >= 4 is 11.0 Å². The van der Waals surface area contributed by atoms with Crippen molar-refractivity contribution in [3.8, 4) is 11.5 Å². The van der Waals surface area contributed by atoms with Gasteiger partial charge in [0.1, 0.15) is 0 Å². The van der Waals surface area contributed by atoms with E-state index in [0.29, 0.717) is 12.1 Å². The topological polar surface area (TPSA) is 99.7 Å². The van der Waals surface area contributed by atoms with Crippen molar-refractivity contribution in [3.63, 3.8) is 0 Å². The first-order valence-electron chi connectivity index (χ1n) is 13.6. The molecule has 2 saturated heterocycles. The Labute approximate surface area is 204 Å². The van der Waals surface area contributed by atoms with Crippen molar-refractivity contribution < 1.29 is 0 Å². The maximum Gasteiger partial charge on any atom is 0.340 e. The molecule has 8 heteroatoms. The van der Waals surface area contributed by atoms with Gasteiger partial charge in [0.05, 0.1) is 11.0 Å². The number of aromatic amines is 2. The lowest BCUT2D eigenvalue weighted by Gasteiger charge is -2.55. The number of hydrogen-bond donors (Lipinski definition) is 2. The molecular weight excluding hydrogens is 440 g/mol. The average Bonchev–Trinajstić information content (AvgIpc) is 3.28. The van der Waals surface area contributed by atoms with Gasteiger partial charge >= 0.3 is 5.69 Å². The minimum atomic E-state index is -0.430. The van der Waals surface area contributed by atoms with Crippen LogP contribution in [0.2, 0.25) is 0 Å². The van der Waals surface area contributed by atoms with Crippen LogP contribution in [-0.2, 0) is 0 Å². The molecule has 8 nitrogen and oxygen atoms in total. The Morgan fingerprint density at radius 1 is 0.800 bits per heavy atom. The van der Waals surface area contributed by atoms with Crippen molar-refractivity contribution in [2.45, 2.75) is 94.8 Å². The predicted octanol–water partition coefficient (Wildman–Crippen LogP) is 4.00. The normalized spacial score (nSPS) is 33.1. The molecule has 4 fully saturated rings. The number of fused-ring (bicyclic) bond motifs is 5. The van der Waals surface area contributed by atoms with Crippen molar-refractivity contribution in [2.75, 3.05) is 0 Å². The van der Waals surface area contributed by atoms with Crippen LogP contribution in [0.25, 0.3) is 22.6 Å². The van der Waals surface area contributed by atoms with E-state index in [1.807, 2.05) is 28.8 Å². The van der Waals surface area contributed by atoms with Crippen LogP contribution in [0.5, 0.6) is 0 Å². The lowest BCUT2D eigenvalue weighted by atomic mass is 9.68. The summed E-state index contributed by atoms with van der Waals surface area (Å²) in [6.45, 7) is 0. The highest BCUT2D eigenvalue weighted by atomic mass is 16.1. The summed E-state index contributed by atoms with van der Waals surface area (Å²) in [7, 11) is 0. The number of benzene rings is 1. The molecule has 1 aromatic carbocycles. The van der Waals surface area contributed by atoms with E-state index in [1.165, 1.54) is 57.8 Å². The van der Waals surface area contributed by atoms with Crippen LogP contribution in [0.1, 0.15) is 76.7 Å². The molecule has 0 spiro atoms. The molecule has 2 aliphatic heterocycles. The van der Waals surface area contributed by atoms with Gasteiger partial charge in [0, 0.05) is 24.2 Å². The zero-order chi connectivity index (χ0) is 23.5. The molecule has 7 rings (SSSR count). The van der Waals surface area contributed by atoms with Crippen LogP contribution in [0.3, 0.4) is 0 Å². The van der Waals surface area contributed by atoms with E-state index in [0.717, 1.165) is 41.8 Å². The van der Waals surface area contributed by atoms with Gasteiger partial charge in [-0.15, -0.1) is 0 Å². The molecule has 4 bridgehead atoms. The van der Waals surface area contributed by atoms with E-state index >= 15 is 0 Å². The predicted molar refractivity (Wildman–Crippen MR) is 134 cm³/mol. The summed E-state index contributed by atoms with van der Waals surface area (Å²) >= 11 is 0. The fourth-order valence-corrected chi connectivity index (χ4v) is 8.19. The van der Waals surface area contributed by atoms with Gasteiger partial charge in [0.15, 0.2) is 11.5 Å². The van der Waals surface area contributed by atoms with Gasteiger partial charge in [0.25, 0.3) is 5.56 Å². The van der Waals surface area contributed by atoms with Crippen LogP contribution in [0.4, 0.5) is 0 Å². The molecule has 2 aliphatic carbocycles. The molecule has 2 unspecified atom stereocenters. The molecule has 4 aliphatic rings. The van der Waals surface area contributed by atoms with Crippen molar-refractivity contribution in [1.29, 1.82) is 0 Å². The monoisotopic (exact) mass is 474 g/mol. The SMILES string of the molecule is O=c1[nH]nc(-c2nc3ccccc3n(C3C[C@H]4CCC[C@@H](C3)N4C3C[C@H]4CCC[C@@H](C3)C4)c2=O)[nH]1. The van der Waals surface area contributed by atoms with Crippen LogP contribution < -0.4 is 11.2 Å². The summed E-state index contributed by atoms with van der Waals surface area (Å²) in [5.41, 5.74) is 1.27. The summed E-state index contributed by atoms with van der Waals surface area (Å²) in [5.74, 6) is 2.07. The van der Waals surface area contributed by atoms with Crippen LogP contribution in [0, 0.1) is 11.8 Å². The number of para-hydroxylation sites is 2. The fourth-order valence-electron chi connectivity index (χ4n) is 8.19. The molecule has 2 saturated carbocycles. The average molecular weight is 475 g/mol. The number of piperidine rings is 2. The highest BCUT2D eigenvalue weighted by Gasteiger charge is 2.45. The Morgan fingerprint density at radius 3 is 2.23 bits per heavy atom. The third-order valence-electron chi connectivity index (χ3n) is 9.42. The van der Waals surface area contributed by atoms with E-state index < -0.39 is 5.69 Å². The Morgan fingerprint density at radius 2 is 1.51 bits per heavy atom. The lowest BCUT2D eigenvalue weighted by Crippen LogP contribution is -2.58. The van der Waals surface area contributed by atoms with Gasteiger partial charge in [0.2, 0.25) is 0 Å². The number of H-pyrrole nitrogens is 2. The lowest BCUT2D eigenvalue weighted by molar-refractivity contribution is -0.0485. The third kappa shape index (κ3) is 3.68. The zero-order valence-corrected chi connectivity index (χ0v) is 20.2. The maximum absolute atomic E-state index is 13.8. The third-order valence-corrected chi connectivity index (χ3v) is 9.42. The first kappa shape index (κ1) is 21.5. The minimum absolute atomic E-state index is 0.134. The number of rotatable bonds is 3. The summed E-state index contributed by atoms with van der Waals surface area (Å²) in [5, 5.41) is 6.40. The van der Waals surface area contributed by atoms with E-state index in [2.05, 4.69) is 25.1 Å². The molecule has 6 atom stereocenters. The highest BCUT2D eigenvalue weighted by molar-refractivity contribution is 5.77. The van der Waals surface area contributed by atoms with Crippen molar-refractivity contribution in [3.05, 3.63) is 45.1 Å². The Balaban J connectivity index is 1.26. The smallest absolute Gasteiger partial charge is 0.302 e. The summed E-state index contributed by atoms with van der Waals surface area (Å²) in [6, 6.07) is 9.82. The van der Waals surface area contributed by atoms with E-state index in [-0.39, 0.29) is 23.1 Å². The number of aromatic nitrogens is 5. The summed E-state index contributed by atoms with van der Waals surface area (Å²) in [4.78, 5) is 35.7. The first-order chi connectivity index (χ1) is 17.1. The van der Waals surface area contributed by atoms with Gasteiger partial charge < -0.3 is 4.57 Å². The quantitative estimate of drug-likeness (QED) is 0.598. The summed E-state index contributed by atoms with van der Waals surface area (Å²) in [6.07, 6.45) is 14.3. The van der Waals surface area contributed by atoms with Crippen LogP contribution >= 0.6 is 0 Å². The Bertz CT molecular complexity index is 1330. The molecule has 184 valence electrons. The molecular formula is C27H34N6O2.